The molecule has 25 heavy (non-hydrogen) atoms. The summed E-state index contributed by atoms with van der Waals surface area (Å²) in [4.78, 5) is 16.2. The first kappa shape index (κ1) is 19.3. The summed E-state index contributed by atoms with van der Waals surface area (Å²) in [6, 6.07) is 6.05. The van der Waals surface area contributed by atoms with Gasteiger partial charge in [0.2, 0.25) is 11.8 Å². The Kier molecular flexibility index (Phi) is 5.80. The lowest BCUT2D eigenvalue weighted by atomic mass is 10.1. The van der Waals surface area contributed by atoms with Crippen molar-refractivity contribution in [1.29, 1.82) is 0 Å². The second kappa shape index (κ2) is 7.49. The topological polar surface area (TPSA) is 67.2 Å². The van der Waals surface area contributed by atoms with Gasteiger partial charge in [0, 0.05) is 23.6 Å². The maximum Gasteiger partial charge on any atom is 0.262 e. The predicted molar refractivity (Wildman–Crippen MR) is 93.3 cm³/mol. The van der Waals surface area contributed by atoms with E-state index in [1.165, 1.54) is 0 Å². The predicted octanol–water partition coefficient (Wildman–Crippen LogP) is 3.82. The van der Waals surface area contributed by atoms with Crippen LogP contribution in [0.3, 0.4) is 0 Å². The SMILES string of the molecule is CC(C)c1cnc(-c2ccc(NC(=O)C3CC(F)(F)CN3)cc2)o1.Cl. The van der Waals surface area contributed by atoms with Crippen LogP contribution in [0.25, 0.3) is 11.5 Å². The first-order valence-electron chi connectivity index (χ1n) is 7.82. The maximum atomic E-state index is 13.1. The maximum absolute atomic E-state index is 13.1. The number of anilines is 1. The van der Waals surface area contributed by atoms with E-state index in [4.69, 9.17) is 4.42 Å². The quantitative estimate of drug-likeness (QED) is 0.857. The lowest BCUT2D eigenvalue weighted by Gasteiger charge is -2.11. The van der Waals surface area contributed by atoms with Crippen LogP contribution in [0.2, 0.25) is 0 Å². The van der Waals surface area contributed by atoms with Gasteiger partial charge in [-0.2, -0.15) is 0 Å². The molecular formula is C17H20ClF2N3O2. The Bertz CT molecular complexity index is 732. The zero-order valence-electron chi connectivity index (χ0n) is 13.9. The lowest BCUT2D eigenvalue weighted by Crippen LogP contribution is -2.35. The number of hydrogen-bond acceptors (Lipinski definition) is 4. The third-order valence-corrected chi connectivity index (χ3v) is 3.92. The molecule has 1 saturated heterocycles. The summed E-state index contributed by atoms with van der Waals surface area (Å²) in [7, 11) is 0. The van der Waals surface area contributed by atoms with Gasteiger partial charge in [0.15, 0.2) is 0 Å². The van der Waals surface area contributed by atoms with Crippen LogP contribution >= 0.6 is 12.4 Å². The van der Waals surface area contributed by atoms with Crippen LogP contribution in [0, 0.1) is 0 Å². The van der Waals surface area contributed by atoms with Crippen LogP contribution in [-0.4, -0.2) is 29.4 Å². The lowest BCUT2D eigenvalue weighted by molar-refractivity contribution is -0.118. The molecule has 8 heteroatoms. The number of carbonyl (C=O) groups excluding carboxylic acids is 1. The molecule has 2 N–H and O–H groups in total. The summed E-state index contributed by atoms with van der Waals surface area (Å²) in [5.41, 5.74) is 1.32. The van der Waals surface area contributed by atoms with Crippen molar-refractivity contribution in [3.63, 3.8) is 0 Å². The molecule has 2 aromatic rings. The van der Waals surface area contributed by atoms with Gasteiger partial charge in [-0.15, -0.1) is 12.4 Å². The summed E-state index contributed by atoms with van der Waals surface area (Å²) >= 11 is 0. The number of hydrogen-bond donors (Lipinski definition) is 2. The Balaban J connectivity index is 0.00000225. The van der Waals surface area contributed by atoms with Crippen molar-refractivity contribution in [3.05, 3.63) is 36.2 Å². The van der Waals surface area contributed by atoms with Crippen molar-refractivity contribution in [2.24, 2.45) is 0 Å². The highest BCUT2D eigenvalue weighted by Gasteiger charge is 2.42. The number of halogens is 3. The molecule has 1 aromatic heterocycles. The molecule has 1 fully saturated rings. The minimum atomic E-state index is -2.83. The number of nitrogens with one attached hydrogen (secondary N) is 2. The number of rotatable bonds is 4. The van der Waals surface area contributed by atoms with Crippen LogP contribution in [0.1, 0.15) is 31.9 Å². The average molecular weight is 372 g/mol. The molecule has 1 aromatic carbocycles. The van der Waals surface area contributed by atoms with Crippen molar-refractivity contribution in [2.75, 3.05) is 11.9 Å². The highest BCUT2D eigenvalue weighted by molar-refractivity contribution is 5.95. The molecule has 0 radical (unpaired) electrons. The number of alkyl halides is 2. The van der Waals surface area contributed by atoms with Crippen LogP contribution in [0.4, 0.5) is 14.5 Å². The molecule has 1 aliphatic rings. The number of benzene rings is 1. The van der Waals surface area contributed by atoms with E-state index in [-0.39, 0.29) is 18.3 Å². The van der Waals surface area contributed by atoms with Crippen LogP contribution in [-0.2, 0) is 4.79 Å². The number of nitrogens with zero attached hydrogens (tertiary/aromatic N) is 1. The standard InChI is InChI=1S/C17H19F2N3O2.ClH/c1-10(2)14-8-20-16(24-14)11-3-5-12(6-4-11)22-15(23)13-7-17(18,19)9-21-13;/h3-6,8,10,13,21H,7,9H2,1-2H3,(H,22,23);1H. The van der Waals surface area contributed by atoms with Crippen LogP contribution in [0.15, 0.2) is 34.9 Å². The van der Waals surface area contributed by atoms with Gasteiger partial charge in [-0.1, -0.05) is 13.8 Å². The van der Waals surface area contributed by atoms with Gasteiger partial charge >= 0.3 is 0 Å². The number of amides is 1. The van der Waals surface area contributed by atoms with Gasteiger partial charge in [-0.25, -0.2) is 13.8 Å². The molecule has 2 heterocycles. The minimum absolute atomic E-state index is 0. The average Bonchev–Trinajstić information content (AvgIpc) is 3.15. The minimum Gasteiger partial charge on any atom is -0.441 e. The van der Waals surface area contributed by atoms with E-state index in [0.29, 0.717) is 11.6 Å². The Labute approximate surface area is 150 Å². The molecule has 5 nitrogen and oxygen atoms in total. The van der Waals surface area contributed by atoms with Crippen molar-refractivity contribution < 1.29 is 18.0 Å². The van der Waals surface area contributed by atoms with Crippen LogP contribution in [0.5, 0.6) is 0 Å². The first-order chi connectivity index (χ1) is 11.3. The highest BCUT2D eigenvalue weighted by Crippen LogP contribution is 2.27. The Morgan fingerprint density at radius 1 is 1.36 bits per heavy atom. The highest BCUT2D eigenvalue weighted by atomic mass is 35.5. The van der Waals surface area contributed by atoms with Gasteiger partial charge in [0.25, 0.3) is 5.92 Å². The second-order valence-corrected chi connectivity index (χ2v) is 6.28. The third-order valence-electron chi connectivity index (χ3n) is 3.92. The van der Waals surface area contributed by atoms with Gasteiger partial charge < -0.3 is 9.73 Å². The summed E-state index contributed by atoms with van der Waals surface area (Å²) in [6.45, 7) is 3.57. The van der Waals surface area contributed by atoms with Crippen molar-refractivity contribution in [1.82, 2.24) is 10.3 Å². The molecule has 1 atom stereocenters. The summed E-state index contributed by atoms with van der Waals surface area (Å²) < 4.78 is 31.9. The monoisotopic (exact) mass is 371 g/mol. The van der Waals surface area contributed by atoms with E-state index in [2.05, 4.69) is 15.6 Å². The molecule has 0 bridgehead atoms. The molecule has 0 aliphatic carbocycles. The molecule has 3 rings (SSSR count). The zero-order valence-corrected chi connectivity index (χ0v) is 14.7. The summed E-state index contributed by atoms with van der Waals surface area (Å²) in [6.07, 6.45) is 1.22. The fraction of sp³-hybridized carbons (Fsp3) is 0.412. The van der Waals surface area contributed by atoms with Gasteiger partial charge in [-0.05, 0) is 24.3 Å². The first-order valence-corrected chi connectivity index (χ1v) is 7.82. The van der Waals surface area contributed by atoms with Crippen LogP contribution < -0.4 is 10.6 Å². The van der Waals surface area contributed by atoms with E-state index in [1.54, 1.807) is 30.5 Å². The summed E-state index contributed by atoms with van der Waals surface area (Å²) in [5.74, 6) is -1.73. The van der Waals surface area contributed by atoms with Gasteiger partial charge in [-0.3, -0.25) is 10.1 Å². The molecule has 136 valence electrons. The third kappa shape index (κ3) is 4.55. The second-order valence-electron chi connectivity index (χ2n) is 6.28. The normalized spacial score (nSPS) is 18.8. The van der Waals surface area contributed by atoms with Crippen molar-refractivity contribution >= 4 is 24.0 Å². The zero-order chi connectivity index (χ0) is 17.3. The van der Waals surface area contributed by atoms with E-state index in [9.17, 15) is 13.6 Å². The fourth-order valence-corrected chi connectivity index (χ4v) is 2.51. The van der Waals surface area contributed by atoms with Crippen molar-refractivity contribution in [3.8, 4) is 11.5 Å². The molecule has 0 spiro atoms. The fourth-order valence-electron chi connectivity index (χ4n) is 2.51. The number of aromatic nitrogens is 1. The van der Waals surface area contributed by atoms with E-state index in [0.717, 1.165) is 11.3 Å². The Morgan fingerprint density at radius 2 is 2.04 bits per heavy atom. The van der Waals surface area contributed by atoms with E-state index in [1.807, 2.05) is 13.8 Å². The Morgan fingerprint density at radius 3 is 2.56 bits per heavy atom. The van der Waals surface area contributed by atoms with Gasteiger partial charge in [0.05, 0.1) is 18.8 Å². The van der Waals surface area contributed by atoms with E-state index < -0.39 is 30.8 Å². The molecule has 1 aliphatic heterocycles. The largest absolute Gasteiger partial charge is 0.441 e. The molecular weight excluding hydrogens is 352 g/mol. The molecule has 1 amide bonds. The smallest absolute Gasteiger partial charge is 0.262 e. The number of oxazole rings is 1. The molecule has 1 unspecified atom stereocenters. The molecule has 0 saturated carbocycles. The number of carbonyl (C=O) groups is 1. The van der Waals surface area contributed by atoms with E-state index >= 15 is 0 Å². The van der Waals surface area contributed by atoms with Gasteiger partial charge in [0.1, 0.15) is 5.76 Å². The Hall–Kier alpha value is -1.99. The summed E-state index contributed by atoms with van der Waals surface area (Å²) in [5, 5.41) is 5.17. The van der Waals surface area contributed by atoms with Crippen molar-refractivity contribution in [2.45, 2.75) is 38.2 Å².